The van der Waals surface area contributed by atoms with Gasteiger partial charge >= 0.3 is 0 Å². The lowest BCUT2D eigenvalue weighted by atomic mass is 9.86. The Kier molecular flexibility index (Phi) is 3.48. The van der Waals surface area contributed by atoms with Crippen molar-refractivity contribution >= 4 is 0 Å². The van der Waals surface area contributed by atoms with E-state index in [0.29, 0.717) is 5.60 Å². The van der Waals surface area contributed by atoms with Crippen molar-refractivity contribution in [1.82, 2.24) is 0 Å². The van der Waals surface area contributed by atoms with E-state index in [9.17, 15) is 0 Å². The van der Waals surface area contributed by atoms with Crippen LogP contribution in [-0.4, -0.2) is 12.2 Å². The van der Waals surface area contributed by atoms with E-state index in [1.165, 1.54) is 57.8 Å². The fraction of sp³-hybridized carbons (Fsp3) is 1.00. The lowest BCUT2D eigenvalue weighted by Crippen LogP contribution is -2.30. The third kappa shape index (κ3) is 1.98. The fourth-order valence-corrected chi connectivity index (χ4v) is 3.37. The Balaban J connectivity index is 1.77. The number of hydrogen-bond acceptors (Lipinski definition) is 1. The second-order valence-corrected chi connectivity index (χ2v) is 5.10. The van der Waals surface area contributed by atoms with Gasteiger partial charge < -0.3 is 4.74 Å². The van der Waals surface area contributed by atoms with Crippen LogP contribution in [0.1, 0.15) is 64.7 Å². The largest absolute Gasteiger partial charge is 0.375 e. The first kappa shape index (κ1) is 10.5. The van der Waals surface area contributed by atoms with E-state index in [0.717, 1.165) is 12.5 Å². The van der Waals surface area contributed by atoms with Crippen molar-refractivity contribution in [2.24, 2.45) is 5.92 Å². The molecular formula is C13H24O. The monoisotopic (exact) mass is 196 g/mol. The summed E-state index contributed by atoms with van der Waals surface area (Å²) >= 11 is 0. The van der Waals surface area contributed by atoms with Gasteiger partial charge in [0.05, 0.1) is 5.60 Å². The molecule has 0 aromatic rings. The molecule has 0 radical (unpaired) electrons. The minimum absolute atomic E-state index is 0.355. The lowest BCUT2D eigenvalue weighted by Gasteiger charge is -2.28. The van der Waals surface area contributed by atoms with E-state index >= 15 is 0 Å². The first-order valence-corrected chi connectivity index (χ1v) is 6.51. The van der Waals surface area contributed by atoms with E-state index in [2.05, 4.69) is 6.92 Å². The molecule has 1 heteroatoms. The third-order valence-electron chi connectivity index (χ3n) is 4.21. The molecule has 82 valence electrons. The van der Waals surface area contributed by atoms with Crippen LogP contribution in [0.4, 0.5) is 0 Å². The molecule has 2 unspecified atom stereocenters. The number of fused-ring (bicyclic) bond motifs is 1. The standard InChI is InChI=1S/C13H24O/c1-2-3-4-5-9-13-10-6-7-12(13)8-11-14-13/h12H,2-11H2,1H3. The van der Waals surface area contributed by atoms with Crippen LogP contribution >= 0.6 is 0 Å². The van der Waals surface area contributed by atoms with E-state index < -0.39 is 0 Å². The summed E-state index contributed by atoms with van der Waals surface area (Å²) in [5.41, 5.74) is 0.355. The summed E-state index contributed by atoms with van der Waals surface area (Å²) in [6.07, 6.45) is 12.4. The molecule has 0 bridgehead atoms. The highest BCUT2D eigenvalue weighted by Gasteiger charge is 2.46. The van der Waals surface area contributed by atoms with Crippen molar-refractivity contribution in [3.63, 3.8) is 0 Å². The molecule has 0 spiro atoms. The molecule has 2 atom stereocenters. The number of ether oxygens (including phenoxy) is 1. The number of hydrogen-bond donors (Lipinski definition) is 0. The highest BCUT2D eigenvalue weighted by molar-refractivity contribution is 4.97. The highest BCUT2D eigenvalue weighted by atomic mass is 16.5. The van der Waals surface area contributed by atoms with Crippen LogP contribution in [0.5, 0.6) is 0 Å². The van der Waals surface area contributed by atoms with E-state index in [-0.39, 0.29) is 0 Å². The lowest BCUT2D eigenvalue weighted by molar-refractivity contribution is -0.0170. The first-order chi connectivity index (χ1) is 6.87. The molecule has 2 aliphatic rings. The fourth-order valence-electron chi connectivity index (χ4n) is 3.37. The van der Waals surface area contributed by atoms with E-state index in [4.69, 9.17) is 4.74 Å². The molecule has 1 heterocycles. The van der Waals surface area contributed by atoms with Crippen LogP contribution in [0.2, 0.25) is 0 Å². The summed E-state index contributed by atoms with van der Waals surface area (Å²) in [4.78, 5) is 0. The van der Waals surface area contributed by atoms with Gasteiger partial charge in [0.1, 0.15) is 0 Å². The second kappa shape index (κ2) is 4.65. The van der Waals surface area contributed by atoms with Crippen LogP contribution in [0.3, 0.4) is 0 Å². The average Bonchev–Trinajstić information content (AvgIpc) is 2.71. The van der Waals surface area contributed by atoms with Gasteiger partial charge in [-0.3, -0.25) is 0 Å². The molecule has 1 nitrogen and oxygen atoms in total. The smallest absolute Gasteiger partial charge is 0.0711 e. The zero-order valence-electron chi connectivity index (χ0n) is 9.56. The molecule has 1 saturated heterocycles. The first-order valence-electron chi connectivity index (χ1n) is 6.51. The molecule has 1 aliphatic carbocycles. The molecule has 0 aromatic heterocycles. The van der Waals surface area contributed by atoms with Crippen LogP contribution in [-0.2, 0) is 4.74 Å². The summed E-state index contributed by atoms with van der Waals surface area (Å²) in [5.74, 6) is 0.920. The van der Waals surface area contributed by atoms with Crippen molar-refractivity contribution in [3.8, 4) is 0 Å². The summed E-state index contributed by atoms with van der Waals surface area (Å²) in [6.45, 7) is 3.32. The molecule has 0 N–H and O–H groups in total. The molecule has 2 rings (SSSR count). The Labute approximate surface area is 88.2 Å². The predicted molar refractivity (Wildman–Crippen MR) is 59.4 cm³/mol. The number of rotatable bonds is 5. The van der Waals surface area contributed by atoms with Gasteiger partial charge in [-0.05, 0) is 31.6 Å². The Hall–Kier alpha value is -0.0400. The Morgan fingerprint density at radius 2 is 2.14 bits per heavy atom. The maximum absolute atomic E-state index is 6.04. The Morgan fingerprint density at radius 1 is 1.21 bits per heavy atom. The minimum Gasteiger partial charge on any atom is -0.375 e. The van der Waals surface area contributed by atoms with Crippen LogP contribution in [0.25, 0.3) is 0 Å². The molecule has 2 fully saturated rings. The highest BCUT2D eigenvalue weighted by Crippen LogP contribution is 2.48. The van der Waals surface area contributed by atoms with Crippen molar-refractivity contribution in [1.29, 1.82) is 0 Å². The predicted octanol–water partition coefficient (Wildman–Crippen LogP) is 3.92. The van der Waals surface area contributed by atoms with Crippen LogP contribution in [0, 0.1) is 5.92 Å². The number of unbranched alkanes of at least 4 members (excludes halogenated alkanes) is 3. The summed E-state index contributed by atoms with van der Waals surface area (Å²) in [5, 5.41) is 0. The quantitative estimate of drug-likeness (QED) is 0.606. The van der Waals surface area contributed by atoms with Crippen LogP contribution < -0.4 is 0 Å². The maximum Gasteiger partial charge on any atom is 0.0711 e. The van der Waals surface area contributed by atoms with Gasteiger partial charge in [0, 0.05) is 6.61 Å². The molecular weight excluding hydrogens is 172 g/mol. The van der Waals surface area contributed by atoms with Crippen molar-refractivity contribution in [2.75, 3.05) is 6.61 Å². The maximum atomic E-state index is 6.04. The van der Waals surface area contributed by atoms with Crippen molar-refractivity contribution < 1.29 is 4.74 Å². The van der Waals surface area contributed by atoms with E-state index in [1.54, 1.807) is 0 Å². The zero-order valence-corrected chi connectivity index (χ0v) is 9.56. The molecule has 1 saturated carbocycles. The van der Waals surface area contributed by atoms with Gasteiger partial charge in [-0.25, -0.2) is 0 Å². The Morgan fingerprint density at radius 3 is 3.00 bits per heavy atom. The van der Waals surface area contributed by atoms with Crippen molar-refractivity contribution in [3.05, 3.63) is 0 Å². The van der Waals surface area contributed by atoms with Gasteiger partial charge in [-0.2, -0.15) is 0 Å². The third-order valence-corrected chi connectivity index (χ3v) is 4.21. The summed E-state index contributed by atoms with van der Waals surface area (Å²) < 4.78 is 6.04. The van der Waals surface area contributed by atoms with Gasteiger partial charge in [0.15, 0.2) is 0 Å². The molecule has 14 heavy (non-hydrogen) atoms. The van der Waals surface area contributed by atoms with Gasteiger partial charge in [-0.15, -0.1) is 0 Å². The molecule has 0 aromatic carbocycles. The normalized spacial score (nSPS) is 36.2. The minimum atomic E-state index is 0.355. The topological polar surface area (TPSA) is 9.23 Å². The van der Waals surface area contributed by atoms with Gasteiger partial charge in [-0.1, -0.05) is 39.0 Å². The summed E-state index contributed by atoms with van der Waals surface area (Å²) in [6, 6.07) is 0. The second-order valence-electron chi connectivity index (χ2n) is 5.10. The van der Waals surface area contributed by atoms with Crippen LogP contribution in [0.15, 0.2) is 0 Å². The zero-order chi connectivity index (χ0) is 9.86. The molecule has 0 amide bonds. The SMILES string of the molecule is CCCCCCC12CCCC1CCO2. The summed E-state index contributed by atoms with van der Waals surface area (Å²) in [7, 11) is 0. The average molecular weight is 196 g/mol. The van der Waals surface area contributed by atoms with E-state index in [1.807, 2.05) is 0 Å². The van der Waals surface area contributed by atoms with Crippen molar-refractivity contribution in [2.45, 2.75) is 70.3 Å². The molecule has 1 aliphatic heterocycles. The Bertz CT molecular complexity index is 166. The van der Waals surface area contributed by atoms with Gasteiger partial charge in [0.25, 0.3) is 0 Å². The van der Waals surface area contributed by atoms with Gasteiger partial charge in [0.2, 0.25) is 0 Å².